The number of alkyl halides is 3. The highest BCUT2D eigenvalue weighted by molar-refractivity contribution is 7.99. The highest BCUT2D eigenvalue weighted by atomic mass is 32.2. The van der Waals surface area contributed by atoms with Gasteiger partial charge in [-0.25, -0.2) is 5.53 Å². The van der Waals surface area contributed by atoms with Gasteiger partial charge in [0.15, 0.2) is 11.3 Å². The molecule has 2 heterocycles. The molecule has 0 spiro atoms. The van der Waals surface area contributed by atoms with Gasteiger partial charge >= 0.3 is 6.36 Å². The number of pyridine rings is 1. The molecule has 1 atom stereocenters. The third-order valence-corrected chi connectivity index (χ3v) is 6.39. The van der Waals surface area contributed by atoms with Crippen LogP contribution in [-0.2, 0) is 28.9 Å². The molecule has 2 aromatic heterocycles. The van der Waals surface area contributed by atoms with Crippen molar-refractivity contribution in [1.29, 1.82) is 5.53 Å². The average Bonchev–Trinajstić information content (AvgIpc) is 2.90. The second kappa shape index (κ2) is 15.5. The molecule has 0 aliphatic carbocycles. The first-order valence-corrected chi connectivity index (χ1v) is 13.4. The summed E-state index contributed by atoms with van der Waals surface area (Å²) in [4.78, 5) is 28.4. The number of carbonyl (C=O) groups is 2. The van der Waals surface area contributed by atoms with Gasteiger partial charge in [0.25, 0.3) is 0 Å². The molecule has 3 rings (SSSR count). The first kappa shape index (κ1) is 30.5. The number of aryl methyl sites for hydroxylation is 1. The van der Waals surface area contributed by atoms with Crippen LogP contribution >= 0.6 is 11.8 Å². The second-order valence-electron chi connectivity index (χ2n) is 8.60. The molecule has 14 heteroatoms. The van der Waals surface area contributed by atoms with Gasteiger partial charge in [-0.15, -0.1) is 30.0 Å². The fourth-order valence-corrected chi connectivity index (χ4v) is 4.44. The van der Waals surface area contributed by atoms with Crippen molar-refractivity contribution in [3.05, 3.63) is 77.7 Å². The summed E-state index contributed by atoms with van der Waals surface area (Å²) in [6.45, 7) is 0. The van der Waals surface area contributed by atoms with Gasteiger partial charge in [-0.3, -0.25) is 14.6 Å². The SMILES string of the molecule is N=NC(NC(=O)Cc1cccnc1)SCCCCCc1ccc(NC(=O)Cc2cccc(OC(F)(F)F)c2)nn1. The zero-order chi connectivity index (χ0) is 28.8. The second-order valence-corrected chi connectivity index (χ2v) is 9.79. The number of halogens is 3. The summed E-state index contributed by atoms with van der Waals surface area (Å²) < 4.78 is 41.0. The number of rotatable bonds is 15. The van der Waals surface area contributed by atoms with Gasteiger partial charge in [-0.05, 0) is 66.5 Å². The lowest BCUT2D eigenvalue weighted by molar-refractivity contribution is -0.274. The monoisotopic (exact) mass is 575 g/mol. The molecule has 0 aliphatic rings. The Bertz CT molecular complexity index is 1250. The summed E-state index contributed by atoms with van der Waals surface area (Å²) in [6.07, 6.45) is 1.79. The fraction of sp³-hybridized carbons (Fsp3) is 0.346. The van der Waals surface area contributed by atoms with E-state index in [1.165, 1.54) is 23.9 Å². The first-order valence-electron chi connectivity index (χ1n) is 12.3. The third kappa shape index (κ3) is 11.8. The molecule has 10 nitrogen and oxygen atoms in total. The smallest absolute Gasteiger partial charge is 0.406 e. The number of unbranched alkanes of at least 4 members (excludes halogenated alkanes) is 2. The predicted octanol–water partition coefficient (Wildman–Crippen LogP) is 5.07. The van der Waals surface area contributed by atoms with Crippen LogP contribution in [0.4, 0.5) is 19.0 Å². The van der Waals surface area contributed by atoms with Crippen LogP contribution in [0.2, 0.25) is 0 Å². The molecule has 1 unspecified atom stereocenters. The number of ether oxygens (including phenoxy) is 1. The molecule has 3 aromatic rings. The minimum absolute atomic E-state index is 0.154. The Morgan fingerprint density at radius 2 is 1.80 bits per heavy atom. The van der Waals surface area contributed by atoms with Crippen molar-refractivity contribution in [3.63, 3.8) is 0 Å². The Labute approximate surface area is 233 Å². The van der Waals surface area contributed by atoms with Crippen LogP contribution in [0.5, 0.6) is 5.75 Å². The Morgan fingerprint density at radius 3 is 2.50 bits per heavy atom. The van der Waals surface area contributed by atoms with Crippen molar-refractivity contribution in [1.82, 2.24) is 20.5 Å². The Hall–Kier alpha value is -4.07. The first-order chi connectivity index (χ1) is 19.2. The van der Waals surface area contributed by atoms with Gasteiger partial charge in [-0.2, -0.15) is 10.2 Å². The maximum absolute atomic E-state index is 12.4. The van der Waals surface area contributed by atoms with Gasteiger partial charge in [0.1, 0.15) is 5.75 Å². The number of carbonyl (C=O) groups excluding carboxylic acids is 2. The van der Waals surface area contributed by atoms with E-state index in [0.29, 0.717) is 12.0 Å². The molecule has 3 N–H and O–H groups in total. The lowest BCUT2D eigenvalue weighted by Gasteiger charge is -2.12. The number of hydrogen-bond donors (Lipinski definition) is 3. The molecule has 40 heavy (non-hydrogen) atoms. The van der Waals surface area contributed by atoms with Crippen molar-refractivity contribution in [3.8, 4) is 5.75 Å². The van der Waals surface area contributed by atoms with Crippen LogP contribution in [0.1, 0.15) is 36.1 Å². The summed E-state index contributed by atoms with van der Waals surface area (Å²) in [5.74, 6) is -0.0969. The van der Waals surface area contributed by atoms with Gasteiger partial charge in [-0.1, -0.05) is 24.6 Å². The minimum atomic E-state index is -4.81. The maximum atomic E-state index is 12.4. The van der Waals surface area contributed by atoms with Crippen molar-refractivity contribution in [2.75, 3.05) is 11.1 Å². The molecule has 212 valence electrons. The average molecular weight is 576 g/mol. The molecule has 0 aliphatic heterocycles. The molecule has 0 bridgehead atoms. The Morgan fingerprint density at radius 1 is 1.00 bits per heavy atom. The summed E-state index contributed by atoms with van der Waals surface area (Å²) in [5, 5.41) is 16.9. The van der Waals surface area contributed by atoms with E-state index in [0.717, 1.165) is 48.4 Å². The van der Waals surface area contributed by atoms with Crippen LogP contribution in [-0.4, -0.2) is 44.6 Å². The topological polar surface area (TPSA) is 142 Å². The standard InChI is InChI=1S/C26H28F3N7O3S/c27-26(28,29)39-21-9-4-6-18(14-21)15-23(37)32-22-11-10-20(35-36-22)8-2-1-3-13-40-25(34-30)33-24(38)16-19-7-5-12-31-17-19/h4-7,9-12,14,17,25,30H,1-3,8,13,15-16H2,(H,33,38)(H,32,36,37). The molecular formula is C26H28F3N7O3S. The van der Waals surface area contributed by atoms with E-state index in [2.05, 4.69) is 35.7 Å². The largest absolute Gasteiger partial charge is 0.573 e. The van der Waals surface area contributed by atoms with Crippen LogP contribution < -0.4 is 15.4 Å². The minimum Gasteiger partial charge on any atom is -0.406 e. The number of hydrogen-bond acceptors (Lipinski definition) is 9. The summed E-state index contributed by atoms with van der Waals surface area (Å²) >= 11 is 1.39. The highest BCUT2D eigenvalue weighted by Gasteiger charge is 2.31. The highest BCUT2D eigenvalue weighted by Crippen LogP contribution is 2.23. The molecular weight excluding hydrogens is 547 g/mol. The number of benzene rings is 1. The van der Waals surface area contributed by atoms with E-state index in [4.69, 9.17) is 5.53 Å². The van der Waals surface area contributed by atoms with E-state index in [-0.39, 0.29) is 24.6 Å². The number of thioether (sulfide) groups is 1. The molecule has 0 saturated heterocycles. The maximum Gasteiger partial charge on any atom is 0.573 e. The Kier molecular flexibility index (Phi) is 11.8. The molecule has 0 radical (unpaired) electrons. The zero-order valence-corrected chi connectivity index (χ0v) is 22.2. The number of nitrogens with zero attached hydrogens (tertiary/aromatic N) is 4. The number of anilines is 1. The third-order valence-electron chi connectivity index (χ3n) is 5.33. The molecule has 1 aromatic carbocycles. The van der Waals surface area contributed by atoms with E-state index in [1.807, 2.05) is 6.07 Å². The zero-order valence-electron chi connectivity index (χ0n) is 21.4. The predicted molar refractivity (Wildman–Crippen MR) is 143 cm³/mol. The van der Waals surface area contributed by atoms with Gasteiger partial charge in [0, 0.05) is 12.4 Å². The van der Waals surface area contributed by atoms with Crippen molar-refractivity contribution in [2.24, 2.45) is 5.11 Å². The quantitative estimate of drug-likeness (QED) is 0.130. The van der Waals surface area contributed by atoms with Crippen LogP contribution in [0.25, 0.3) is 0 Å². The normalized spacial score (nSPS) is 11.9. The van der Waals surface area contributed by atoms with Gasteiger partial charge < -0.3 is 15.4 Å². The molecule has 2 amide bonds. The summed E-state index contributed by atoms with van der Waals surface area (Å²) in [6, 6.07) is 12.2. The summed E-state index contributed by atoms with van der Waals surface area (Å²) in [7, 11) is 0. The van der Waals surface area contributed by atoms with E-state index < -0.39 is 23.5 Å². The number of nitrogens with one attached hydrogen (secondary N) is 3. The fourth-order valence-electron chi connectivity index (χ4n) is 3.55. The molecule has 0 fully saturated rings. The van der Waals surface area contributed by atoms with Crippen LogP contribution in [0.3, 0.4) is 0 Å². The van der Waals surface area contributed by atoms with E-state index >= 15 is 0 Å². The number of amides is 2. The van der Waals surface area contributed by atoms with Crippen molar-refractivity contribution >= 4 is 29.4 Å². The van der Waals surface area contributed by atoms with E-state index in [1.54, 1.807) is 30.6 Å². The Balaban J connectivity index is 1.31. The van der Waals surface area contributed by atoms with Gasteiger partial charge in [0.2, 0.25) is 11.8 Å². The van der Waals surface area contributed by atoms with E-state index in [9.17, 15) is 22.8 Å². The van der Waals surface area contributed by atoms with Crippen LogP contribution in [0.15, 0.2) is 66.0 Å². The lowest BCUT2D eigenvalue weighted by Crippen LogP contribution is -2.32. The number of aromatic nitrogens is 3. The van der Waals surface area contributed by atoms with Gasteiger partial charge in [0.05, 0.1) is 18.5 Å². The molecule has 0 saturated carbocycles. The van der Waals surface area contributed by atoms with Crippen molar-refractivity contribution in [2.45, 2.75) is 50.4 Å². The summed E-state index contributed by atoms with van der Waals surface area (Å²) in [5.41, 5.74) is 8.58. The lowest BCUT2D eigenvalue weighted by atomic mass is 10.1. The van der Waals surface area contributed by atoms with Crippen LogP contribution in [0, 0.1) is 5.53 Å². The van der Waals surface area contributed by atoms with Crippen molar-refractivity contribution < 1.29 is 27.5 Å².